The highest BCUT2D eigenvalue weighted by atomic mass is 32.1. The maximum Gasteiger partial charge on any atom is 0.246 e. The van der Waals surface area contributed by atoms with Gasteiger partial charge >= 0.3 is 0 Å². The zero-order chi connectivity index (χ0) is 28.6. The number of allylic oxidation sites excluding steroid dienone is 2. The highest BCUT2D eigenvalue weighted by molar-refractivity contribution is 7.17. The van der Waals surface area contributed by atoms with Gasteiger partial charge in [0.15, 0.2) is 0 Å². The molecule has 4 aromatic rings. The van der Waals surface area contributed by atoms with Crippen molar-refractivity contribution in [1.82, 2.24) is 29.2 Å². The van der Waals surface area contributed by atoms with Crippen LogP contribution in [-0.2, 0) is 29.7 Å². The smallest absolute Gasteiger partial charge is 0.246 e. The van der Waals surface area contributed by atoms with Crippen LogP contribution in [0.1, 0.15) is 11.3 Å². The Morgan fingerprint density at radius 2 is 2.10 bits per heavy atom. The third-order valence-electron chi connectivity index (χ3n) is 5.95. The molecule has 40 heavy (non-hydrogen) atoms. The molecule has 5 rings (SSSR count). The van der Waals surface area contributed by atoms with Gasteiger partial charge in [-0.05, 0) is 29.7 Å². The minimum absolute atomic E-state index is 0.0615. The fourth-order valence-electron chi connectivity index (χ4n) is 4.19. The molecule has 0 unspecified atom stereocenters. The van der Waals surface area contributed by atoms with E-state index in [0.29, 0.717) is 54.6 Å². The Labute approximate surface area is 233 Å². The van der Waals surface area contributed by atoms with Crippen molar-refractivity contribution in [1.29, 1.82) is 0 Å². The Bertz CT molecular complexity index is 1590. The summed E-state index contributed by atoms with van der Waals surface area (Å²) in [6.07, 6.45) is 8.33. The van der Waals surface area contributed by atoms with Gasteiger partial charge in [0.2, 0.25) is 5.91 Å². The second kappa shape index (κ2) is 13.1. The van der Waals surface area contributed by atoms with Crippen molar-refractivity contribution in [3.8, 4) is 22.8 Å². The first kappa shape index (κ1) is 28.6. The van der Waals surface area contributed by atoms with Crippen molar-refractivity contribution < 1.29 is 23.4 Å². The number of aliphatic hydroxyl groups excluding tert-OH is 1. The number of nitrogens with zero attached hydrogens (tertiary/aromatic N) is 6. The van der Waals surface area contributed by atoms with Gasteiger partial charge in [-0.2, -0.15) is 5.10 Å². The summed E-state index contributed by atoms with van der Waals surface area (Å²) < 4.78 is 36.1. The lowest BCUT2D eigenvalue weighted by Crippen LogP contribution is -2.37. The van der Waals surface area contributed by atoms with Crippen LogP contribution >= 0.6 is 11.3 Å². The lowest BCUT2D eigenvalue weighted by molar-refractivity contribution is -0.127. The highest BCUT2D eigenvalue weighted by Crippen LogP contribution is 2.39. The Balaban J connectivity index is 0.000000557. The maximum atomic E-state index is 14.5. The zero-order valence-electron chi connectivity index (χ0n) is 21.8. The van der Waals surface area contributed by atoms with E-state index in [4.69, 9.17) is 15.2 Å². The molecule has 0 bridgehead atoms. The number of fused-ring (bicyclic) bond motifs is 2. The molecule has 0 saturated heterocycles. The summed E-state index contributed by atoms with van der Waals surface area (Å²) in [5.74, 6) is -0.883. The van der Waals surface area contributed by atoms with Crippen LogP contribution in [0.25, 0.3) is 38.9 Å². The Hall–Kier alpha value is -4.42. The van der Waals surface area contributed by atoms with Crippen molar-refractivity contribution in [2.45, 2.75) is 13.1 Å². The molecule has 1 amide bonds. The summed E-state index contributed by atoms with van der Waals surface area (Å²) in [5.41, 5.74) is 3.68. The fourth-order valence-corrected chi connectivity index (χ4v) is 5.10. The number of carbonyl (C=O) groups excluding carboxylic acids is 1. The number of aliphatic hydroxyl groups is 1. The van der Waals surface area contributed by atoms with Crippen LogP contribution in [0.4, 0.5) is 8.78 Å². The minimum Gasteiger partial charge on any atom is -0.499 e. The number of aromatic nitrogens is 5. The van der Waals surface area contributed by atoms with E-state index in [2.05, 4.69) is 22.9 Å². The Morgan fingerprint density at radius 1 is 1.27 bits per heavy atom. The van der Waals surface area contributed by atoms with Gasteiger partial charge in [0.25, 0.3) is 0 Å². The fraction of sp³-hybridized carbons (Fsp3) is 0.214. The average molecular weight is 567 g/mol. The van der Waals surface area contributed by atoms with Crippen LogP contribution in [-0.4, -0.2) is 60.0 Å². The molecule has 5 heterocycles. The van der Waals surface area contributed by atoms with Crippen LogP contribution in [0, 0.1) is 0 Å². The van der Waals surface area contributed by atoms with Crippen LogP contribution < -0.4 is 0 Å². The molecular weight excluding hydrogens is 538 g/mol. The summed E-state index contributed by atoms with van der Waals surface area (Å²) in [7, 11) is 1.87. The lowest BCUT2D eigenvalue weighted by Gasteiger charge is -2.26. The molecule has 0 radical (unpaired) electrons. The zero-order valence-corrected chi connectivity index (χ0v) is 22.7. The number of imidazole rings is 1. The summed E-state index contributed by atoms with van der Waals surface area (Å²) in [5, 5.41) is 15.5. The number of carbonyl (C=O) groups is 1. The minimum atomic E-state index is -0.738. The van der Waals surface area contributed by atoms with E-state index in [-0.39, 0.29) is 18.8 Å². The summed E-state index contributed by atoms with van der Waals surface area (Å²) in [4.78, 5) is 23.1. The molecule has 1 N–H and O–H groups in total. The first-order chi connectivity index (χ1) is 19.4. The van der Waals surface area contributed by atoms with Crippen LogP contribution in [0.5, 0.6) is 0 Å². The number of aryl methyl sites for hydroxylation is 1. The third kappa shape index (κ3) is 6.24. The molecule has 0 fully saturated rings. The first-order valence-electron chi connectivity index (χ1n) is 12.3. The van der Waals surface area contributed by atoms with E-state index in [1.165, 1.54) is 29.8 Å². The van der Waals surface area contributed by atoms with Crippen molar-refractivity contribution in [2.24, 2.45) is 7.05 Å². The van der Waals surface area contributed by atoms with Gasteiger partial charge in [-0.25, -0.2) is 18.7 Å². The number of halogens is 2. The van der Waals surface area contributed by atoms with Gasteiger partial charge in [0.1, 0.15) is 29.5 Å². The van der Waals surface area contributed by atoms with E-state index >= 15 is 0 Å². The predicted molar refractivity (Wildman–Crippen MR) is 151 cm³/mol. The van der Waals surface area contributed by atoms with E-state index in [9.17, 15) is 13.6 Å². The third-order valence-corrected chi connectivity index (χ3v) is 6.90. The van der Waals surface area contributed by atoms with Crippen molar-refractivity contribution in [3.05, 3.63) is 85.0 Å². The number of pyridine rings is 1. The summed E-state index contributed by atoms with van der Waals surface area (Å²) in [6.45, 7) is 8.65. The SMILES string of the molecule is C=CC(=O)N1CCn2nc(-c3nc(-c4cn(C)cn4)c4ccsc4c3C=C(F)/C=C/F)cc2C1.C=COCCO. The van der Waals surface area contributed by atoms with Crippen LogP contribution in [0.15, 0.2) is 73.8 Å². The van der Waals surface area contributed by atoms with Crippen molar-refractivity contribution >= 4 is 33.4 Å². The molecule has 12 heteroatoms. The molecule has 0 aliphatic carbocycles. The quantitative estimate of drug-likeness (QED) is 0.139. The van der Waals surface area contributed by atoms with Crippen molar-refractivity contribution in [2.75, 3.05) is 19.8 Å². The molecule has 0 aromatic carbocycles. The molecular formula is C28H28F2N6O3S. The van der Waals surface area contributed by atoms with Gasteiger partial charge < -0.3 is 19.3 Å². The second-order valence-corrected chi connectivity index (χ2v) is 9.52. The second-order valence-electron chi connectivity index (χ2n) is 8.60. The number of ether oxygens (including phenoxy) is 1. The van der Waals surface area contributed by atoms with Gasteiger partial charge in [-0.15, -0.1) is 11.3 Å². The van der Waals surface area contributed by atoms with E-state index in [1.54, 1.807) is 11.2 Å². The van der Waals surface area contributed by atoms with Crippen LogP contribution in [0.2, 0.25) is 0 Å². The lowest BCUT2D eigenvalue weighted by atomic mass is 10.0. The molecule has 0 atom stereocenters. The number of hydrogen-bond donors (Lipinski definition) is 1. The molecule has 4 aromatic heterocycles. The van der Waals surface area contributed by atoms with E-state index in [0.717, 1.165) is 21.9 Å². The molecule has 0 saturated carbocycles. The normalized spacial score (nSPS) is 13.2. The van der Waals surface area contributed by atoms with Gasteiger partial charge in [0, 0.05) is 41.5 Å². The Kier molecular flexibility index (Phi) is 9.35. The first-order valence-corrected chi connectivity index (χ1v) is 13.1. The summed E-state index contributed by atoms with van der Waals surface area (Å²) in [6, 6.07) is 3.77. The van der Waals surface area contributed by atoms with E-state index < -0.39 is 5.83 Å². The van der Waals surface area contributed by atoms with Crippen LogP contribution in [0.3, 0.4) is 0 Å². The number of rotatable bonds is 8. The van der Waals surface area contributed by atoms with Gasteiger partial charge in [-0.1, -0.05) is 13.2 Å². The maximum absolute atomic E-state index is 14.5. The Morgan fingerprint density at radius 3 is 2.75 bits per heavy atom. The number of hydrogen-bond acceptors (Lipinski definition) is 7. The molecule has 208 valence electrons. The van der Waals surface area contributed by atoms with Crippen molar-refractivity contribution in [3.63, 3.8) is 0 Å². The number of amides is 1. The largest absolute Gasteiger partial charge is 0.499 e. The monoisotopic (exact) mass is 566 g/mol. The standard InChI is InChI=1S/C24H20F2N6OS.C4H8O2/c1-3-21(33)31-7-8-32-16(12-31)11-19(29-32)23-18(10-15(26)4-6-25)24-17(5-9-34-24)22(28-23)20-13-30(2)14-27-20;1-2-6-4-3-5/h3-6,9-11,13-14H,1,7-8,12H2,2H3;2,5H,1,3-4H2/b6-4+,15-10?;. The van der Waals surface area contributed by atoms with Gasteiger partial charge in [0.05, 0.1) is 50.0 Å². The number of thiophene rings is 1. The summed E-state index contributed by atoms with van der Waals surface area (Å²) >= 11 is 1.44. The predicted octanol–water partition coefficient (Wildman–Crippen LogP) is 5.02. The van der Waals surface area contributed by atoms with E-state index in [1.807, 2.05) is 40.0 Å². The molecule has 0 spiro atoms. The average Bonchev–Trinajstić information content (AvgIpc) is 3.71. The molecule has 9 nitrogen and oxygen atoms in total. The molecule has 1 aliphatic heterocycles. The topological polar surface area (TPSA) is 98.3 Å². The molecule has 1 aliphatic rings. The van der Waals surface area contributed by atoms with Gasteiger partial charge in [-0.3, -0.25) is 9.48 Å². The highest BCUT2D eigenvalue weighted by Gasteiger charge is 2.24.